The molecule has 1 unspecified atom stereocenters. The normalized spacial score (nSPS) is 15.6. The SMILES string of the molecule is CNC(=O)c1ccc(S(=O)(=O)NC(c2cccc(C)n2)C2CC2)cc1. The number of rotatable bonds is 6. The second kappa shape index (κ2) is 6.93. The van der Waals surface area contributed by atoms with Crippen LogP contribution in [-0.2, 0) is 10.0 Å². The van der Waals surface area contributed by atoms with E-state index in [0.717, 1.165) is 24.2 Å². The second-order valence-corrected chi connectivity index (χ2v) is 7.96. The van der Waals surface area contributed by atoms with Gasteiger partial charge in [-0.05, 0) is 62.1 Å². The number of carbonyl (C=O) groups is 1. The molecule has 1 saturated carbocycles. The summed E-state index contributed by atoms with van der Waals surface area (Å²) >= 11 is 0. The molecule has 1 aliphatic carbocycles. The van der Waals surface area contributed by atoms with E-state index in [-0.39, 0.29) is 22.8 Å². The molecule has 2 aromatic rings. The standard InChI is InChI=1S/C18H21N3O3S/c1-12-4-3-5-16(20-12)17(13-6-7-13)21-25(23,24)15-10-8-14(9-11-15)18(22)19-2/h3-5,8-11,13,17,21H,6-7H2,1-2H3,(H,19,22). The van der Waals surface area contributed by atoms with Crippen molar-refractivity contribution in [2.45, 2.75) is 30.7 Å². The molecule has 1 atom stereocenters. The number of hydrogen-bond donors (Lipinski definition) is 2. The van der Waals surface area contributed by atoms with Gasteiger partial charge in [-0.1, -0.05) is 6.07 Å². The summed E-state index contributed by atoms with van der Waals surface area (Å²) in [5.74, 6) is 0.0194. The molecule has 1 aliphatic rings. The third kappa shape index (κ3) is 4.05. The lowest BCUT2D eigenvalue weighted by Crippen LogP contribution is -2.30. The van der Waals surface area contributed by atoms with Crippen LogP contribution in [0, 0.1) is 12.8 Å². The van der Waals surface area contributed by atoms with Gasteiger partial charge in [-0.3, -0.25) is 9.78 Å². The van der Waals surface area contributed by atoms with E-state index >= 15 is 0 Å². The number of carbonyl (C=O) groups excluding carboxylic acids is 1. The highest BCUT2D eigenvalue weighted by Gasteiger charge is 2.36. The molecule has 7 heteroatoms. The van der Waals surface area contributed by atoms with E-state index in [2.05, 4.69) is 15.0 Å². The van der Waals surface area contributed by atoms with Crippen LogP contribution in [0.15, 0.2) is 47.4 Å². The first kappa shape index (κ1) is 17.6. The highest BCUT2D eigenvalue weighted by atomic mass is 32.2. The molecule has 2 N–H and O–H groups in total. The zero-order valence-electron chi connectivity index (χ0n) is 14.2. The lowest BCUT2D eigenvalue weighted by atomic mass is 10.1. The highest BCUT2D eigenvalue weighted by Crippen LogP contribution is 2.41. The van der Waals surface area contributed by atoms with Gasteiger partial charge >= 0.3 is 0 Å². The number of aryl methyl sites for hydroxylation is 1. The summed E-state index contributed by atoms with van der Waals surface area (Å²) in [4.78, 5) is 16.2. The van der Waals surface area contributed by atoms with Crippen molar-refractivity contribution >= 4 is 15.9 Å². The highest BCUT2D eigenvalue weighted by molar-refractivity contribution is 7.89. The predicted octanol–water partition coefficient (Wildman–Crippen LogP) is 2.18. The smallest absolute Gasteiger partial charge is 0.251 e. The van der Waals surface area contributed by atoms with Gasteiger partial charge in [0.1, 0.15) is 0 Å². The molecular weight excluding hydrogens is 338 g/mol. The van der Waals surface area contributed by atoms with Crippen molar-refractivity contribution < 1.29 is 13.2 Å². The van der Waals surface area contributed by atoms with Gasteiger partial charge in [-0.25, -0.2) is 13.1 Å². The van der Waals surface area contributed by atoms with E-state index in [9.17, 15) is 13.2 Å². The Morgan fingerprint density at radius 3 is 2.40 bits per heavy atom. The molecule has 25 heavy (non-hydrogen) atoms. The zero-order chi connectivity index (χ0) is 18.0. The van der Waals surface area contributed by atoms with Crippen molar-refractivity contribution in [3.05, 3.63) is 59.4 Å². The fourth-order valence-electron chi connectivity index (χ4n) is 2.73. The van der Waals surface area contributed by atoms with Crippen LogP contribution >= 0.6 is 0 Å². The summed E-state index contributed by atoms with van der Waals surface area (Å²) < 4.78 is 28.3. The van der Waals surface area contributed by atoms with E-state index < -0.39 is 10.0 Å². The van der Waals surface area contributed by atoms with Gasteiger partial charge in [0.05, 0.1) is 16.6 Å². The van der Waals surface area contributed by atoms with Crippen LogP contribution in [0.1, 0.15) is 40.6 Å². The molecule has 0 radical (unpaired) electrons. The van der Waals surface area contributed by atoms with Crippen LogP contribution in [0.5, 0.6) is 0 Å². The van der Waals surface area contributed by atoms with Crippen LogP contribution in [0.4, 0.5) is 0 Å². The van der Waals surface area contributed by atoms with Crippen molar-refractivity contribution in [1.82, 2.24) is 15.0 Å². The van der Waals surface area contributed by atoms with E-state index in [1.807, 2.05) is 25.1 Å². The average molecular weight is 359 g/mol. The number of sulfonamides is 1. The lowest BCUT2D eigenvalue weighted by Gasteiger charge is -2.18. The summed E-state index contributed by atoms with van der Waals surface area (Å²) in [5, 5.41) is 2.51. The molecule has 1 aromatic heterocycles. The maximum absolute atomic E-state index is 12.7. The fraction of sp³-hybridized carbons (Fsp3) is 0.333. The molecule has 3 rings (SSSR count). The number of benzene rings is 1. The quantitative estimate of drug-likeness (QED) is 0.827. The maximum Gasteiger partial charge on any atom is 0.251 e. The average Bonchev–Trinajstić information content (AvgIpc) is 3.44. The van der Waals surface area contributed by atoms with E-state index in [1.54, 1.807) is 0 Å². The lowest BCUT2D eigenvalue weighted by molar-refractivity contribution is 0.0963. The maximum atomic E-state index is 12.7. The van der Waals surface area contributed by atoms with E-state index in [4.69, 9.17) is 0 Å². The first-order chi connectivity index (χ1) is 11.9. The van der Waals surface area contributed by atoms with Crippen LogP contribution in [0.3, 0.4) is 0 Å². The summed E-state index contributed by atoms with van der Waals surface area (Å²) in [6, 6.07) is 11.2. The van der Waals surface area contributed by atoms with Crippen LogP contribution < -0.4 is 10.0 Å². The van der Waals surface area contributed by atoms with Gasteiger partial charge < -0.3 is 5.32 Å². The molecule has 0 aliphatic heterocycles. The molecule has 6 nitrogen and oxygen atoms in total. The molecule has 1 amide bonds. The Labute approximate surface area is 147 Å². The summed E-state index contributed by atoms with van der Waals surface area (Å²) in [6.45, 7) is 1.89. The Bertz CT molecular complexity index is 875. The molecule has 1 aromatic carbocycles. The minimum absolute atomic E-state index is 0.137. The number of nitrogens with one attached hydrogen (secondary N) is 2. The summed E-state index contributed by atoms with van der Waals surface area (Å²) in [5.41, 5.74) is 2.02. The molecule has 0 bridgehead atoms. The van der Waals surface area contributed by atoms with Gasteiger partial charge in [0.25, 0.3) is 5.91 Å². The third-order valence-corrected chi connectivity index (χ3v) is 5.71. The van der Waals surface area contributed by atoms with Gasteiger partial charge in [-0.15, -0.1) is 0 Å². The third-order valence-electron chi connectivity index (χ3n) is 4.26. The minimum Gasteiger partial charge on any atom is -0.355 e. The van der Waals surface area contributed by atoms with E-state index in [1.165, 1.54) is 31.3 Å². The fourth-order valence-corrected chi connectivity index (χ4v) is 4.01. The van der Waals surface area contributed by atoms with Crippen molar-refractivity contribution in [2.75, 3.05) is 7.05 Å². The zero-order valence-corrected chi connectivity index (χ0v) is 15.0. The molecule has 1 fully saturated rings. The summed E-state index contributed by atoms with van der Waals surface area (Å²) in [7, 11) is -2.17. The number of aromatic nitrogens is 1. The van der Waals surface area contributed by atoms with E-state index in [0.29, 0.717) is 5.56 Å². The monoisotopic (exact) mass is 359 g/mol. The van der Waals surface area contributed by atoms with Gasteiger partial charge in [-0.2, -0.15) is 0 Å². The first-order valence-electron chi connectivity index (χ1n) is 8.19. The summed E-state index contributed by atoms with van der Waals surface area (Å²) in [6.07, 6.45) is 1.97. The molecular formula is C18H21N3O3S. The minimum atomic E-state index is -3.70. The van der Waals surface area contributed by atoms with Crippen LogP contribution in [0.25, 0.3) is 0 Å². The largest absolute Gasteiger partial charge is 0.355 e. The van der Waals surface area contributed by atoms with Crippen molar-refractivity contribution in [3.63, 3.8) is 0 Å². The Hall–Kier alpha value is -2.25. The van der Waals surface area contributed by atoms with Crippen LogP contribution in [-0.4, -0.2) is 26.4 Å². The van der Waals surface area contributed by atoms with Crippen molar-refractivity contribution in [3.8, 4) is 0 Å². The second-order valence-electron chi connectivity index (χ2n) is 6.24. The van der Waals surface area contributed by atoms with Crippen LogP contribution in [0.2, 0.25) is 0 Å². The number of pyridine rings is 1. The Morgan fingerprint density at radius 1 is 1.16 bits per heavy atom. The number of hydrogen-bond acceptors (Lipinski definition) is 4. The number of amides is 1. The van der Waals surface area contributed by atoms with Gasteiger partial charge in [0, 0.05) is 18.3 Å². The topological polar surface area (TPSA) is 88.2 Å². The Balaban J connectivity index is 1.85. The molecule has 0 spiro atoms. The molecule has 0 saturated heterocycles. The molecule has 132 valence electrons. The van der Waals surface area contributed by atoms with Gasteiger partial charge in [0.15, 0.2) is 0 Å². The van der Waals surface area contributed by atoms with Crippen molar-refractivity contribution in [1.29, 1.82) is 0 Å². The van der Waals surface area contributed by atoms with Gasteiger partial charge in [0.2, 0.25) is 10.0 Å². The molecule has 1 heterocycles. The Morgan fingerprint density at radius 2 is 1.84 bits per heavy atom. The first-order valence-corrected chi connectivity index (χ1v) is 9.67. The Kier molecular flexibility index (Phi) is 4.87. The van der Waals surface area contributed by atoms with Crippen molar-refractivity contribution in [2.24, 2.45) is 5.92 Å². The predicted molar refractivity (Wildman–Crippen MR) is 94.6 cm³/mol. The number of nitrogens with zero attached hydrogens (tertiary/aromatic N) is 1.